The summed E-state index contributed by atoms with van der Waals surface area (Å²) in [5.74, 6) is -0.442. The van der Waals surface area contributed by atoms with Gasteiger partial charge in [0.25, 0.3) is 0 Å². The van der Waals surface area contributed by atoms with Gasteiger partial charge in [-0.3, -0.25) is 4.79 Å². The second kappa shape index (κ2) is 10.4. The molecule has 3 rings (SSSR count). The Balaban J connectivity index is 1.52. The Morgan fingerprint density at radius 2 is 1.68 bits per heavy atom. The first-order valence-corrected chi connectivity index (χ1v) is 10.4. The van der Waals surface area contributed by atoms with Crippen molar-refractivity contribution in [3.8, 4) is 0 Å². The molecule has 1 heterocycles. The predicted octanol–water partition coefficient (Wildman–Crippen LogP) is 3.94. The molecular weight excluding hydrogens is 348 g/mol. The molecule has 0 aliphatic carbocycles. The standard InChI is InChI=1S/C24H32N2O2/c1-25(17-18-26-15-8-13-22(19-26)24(27)28)16-14-23(20-9-4-2-5-10-20)21-11-6-3-7-12-21/h2-7,9-12,22-23H,8,13-19H2,1H3,(H,27,28)/t22-/m1/s1. The van der Waals surface area contributed by atoms with E-state index in [9.17, 15) is 9.90 Å². The van der Waals surface area contributed by atoms with Gasteiger partial charge in [0.05, 0.1) is 5.92 Å². The minimum Gasteiger partial charge on any atom is -0.481 e. The molecule has 0 amide bonds. The molecule has 1 aliphatic rings. The molecule has 0 saturated carbocycles. The Morgan fingerprint density at radius 1 is 1.07 bits per heavy atom. The van der Waals surface area contributed by atoms with Gasteiger partial charge in [0.1, 0.15) is 0 Å². The Hall–Kier alpha value is -2.17. The Labute approximate surface area is 168 Å². The molecule has 4 nitrogen and oxygen atoms in total. The fraction of sp³-hybridized carbons (Fsp3) is 0.458. The second-order valence-corrected chi connectivity index (χ2v) is 7.94. The lowest BCUT2D eigenvalue weighted by Gasteiger charge is -2.32. The second-order valence-electron chi connectivity index (χ2n) is 7.94. The van der Waals surface area contributed by atoms with Gasteiger partial charge in [0.15, 0.2) is 0 Å². The molecule has 2 aromatic rings. The van der Waals surface area contributed by atoms with Crippen molar-refractivity contribution in [1.29, 1.82) is 0 Å². The van der Waals surface area contributed by atoms with Crippen LogP contribution in [-0.2, 0) is 4.79 Å². The van der Waals surface area contributed by atoms with Crippen LogP contribution in [0.3, 0.4) is 0 Å². The van der Waals surface area contributed by atoms with Crippen LogP contribution in [0.15, 0.2) is 60.7 Å². The van der Waals surface area contributed by atoms with E-state index in [0.717, 1.165) is 45.4 Å². The molecule has 2 aromatic carbocycles. The van der Waals surface area contributed by atoms with Gasteiger partial charge in [-0.15, -0.1) is 0 Å². The van der Waals surface area contributed by atoms with E-state index in [0.29, 0.717) is 12.5 Å². The quantitative estimate of drug-likeness (QED) is 0.716. The van der Waals surface area contributed by atoms with Crippen molar-refractivity contribution >= 4 is 5.97 Å². The SMILES string of the molecule is CN(CCC(c1ccccc1)c1ccccc1)CCN1CCC[C@@H](C(=O)O)C1. The van der Waals surface area contributed by atoms with Crippen molar-refractivity contribution in [3.05, 3.63) is 71.8 Å². The van der Waals surface area contributed by atoms with Gasteiger partial charge in [0, 0.05) is 25.6 Å². The van der Waals surface area contributed by atoms with Crippen LogP contribution in [-0.4, -0.2) is 60.6 Å². The Morgan fingerprint density at radius 3 is 2.25 bits per heavy atom. The first-order valence-electron chi connectivity index (χ1n) is 10.4. The van der Waals surface area contributed by atoms with E-state index >= 15 is 0 Å². The number of carboxylic acids is 1. The molecule has 1 aliphatic heterocycles. The summed E-state index contributed by atoms with van der Waals surface area (Å²) < 4.78 is 0. The average Bonchev–Trinajstić information content (AvgIpc) is 2.74. The third kappa shape index (κ3) is 5.91. The predicted molar refractivity (Wildman–Crippen MR) is 114 cm³/mol. The van der Waals surface area contributed by atoms with E-state index in [1.54, 1.807) is 0 Å². The molecule has 1 fully saturated rings. The van der Waals surface area contributed by atoms with Crippen molar-refractivity contribution in [1.82, 2.24) is 9.80 Å². The fourth-order valence-corrected chi connectivity index (χ4v) is 4.13. The summed E-state index contributed by atoms with van der Waals surface area (Å²) in [6, 6.07) is 21.5. The summed E-state index contributed by atoms with van der Waals surface area (Å²) in [6.45, 7) is 4.66. The van der Waals surface area contributed by atoms with Crippen LogP contribution in [0, 0.1) is 5.92 Å². The minimum absolute atomic E-state index is 0.195. The summed E-state index contributed by atoms with van der Waals surface area (Å²) in [5, 5.41) is 9.26. The highest BCUT2D eigenvalue weighted by molar-refractivity contribution is 5.70. The largest absolute Gasteiger partial charge is 0.481 e. The maximum atomic E-state index is 11.2. The van der Waals surface area contributed by atoms with E-state index in [-0.39, 0.29) is 5.92 Å². The molecule has 0 spiro atoms. The van der Waals surface area contributed by atoms with Gasteiger partial charge >= 0.3 is 5.97 Å². The molecule has 4 heteroatoms. The first kappa shape index (κ1) is 20.6. The highest BCUT2D eigenvalue weighted by Gasteiger charge is 2.25. The number of likely N-dealkylation sites (N-methyl/N-ethyl adjacent to an activating group) is 1. The maximum Gasteiger partial charge on any atom is 0.307 e. The van der Waals surface area contributed by atoms with Crippen LogP contribution >= 0.6 is 0 Å². The van der Waals surface area contributed by atoms with E-state index < -0.39 is 5.97 Å². The number of likely N-dealkylation sites (tertiary alicyclic amines) is 1. The molecule has 1 saturated heterocycles. The van der Waals surface area contributed by atoms with Crippen molar-refractivity contribution in [2.45, 2.75) is 25.2 Å². The number of benzene rings is 2. The summed E-state index contributed by atoms with van der Waals surface area (Å²) in [4.78, 5) is 15.9. The zero-order chi connectivity index (χ0) is 19.8. The number of nitrogens with zero attached hydrogens (tertiary/aromatic N) is 2. The van der Waals surface area contributed by atoms with Crippen LogP contribution in [0.5, 0.6) is 0 Å². The molecule has 0 bridgehead atoms. The topological polar surface area (TPSA) is 43.8 Å². The van der Waals surface area contributed by atoms with E-state index in [1.807, 2.05) is 0 Å². The number of carboxylic acid groups (broad SMARTS) is 1. The summed E-state index contributed by atoms with van der Waals surface area (Å²) in [5.41, 5.74) is 2.73. The third-order valence-electron chi connectivity index (χ3n) is 5.86. The average molecular weight is 381 g/mol. The van der Waals surface area contributed by atoms with Gasteiger partial charge in [0.2, 0.25) is 0 Å². The summed E-state index contributed by atoms with van der Waals surface area (Å²) in [7, 11) is 2.17. The van der Waals surface area contributed by atoms with E-state index in [2.05, 4.69) is 77.5 Å². The zero-order valence-corrected chi connectivity index (χ0v) is 16.8. The lowest BCUT2D eigenvalue weighted by atomic mass is 9.88. The molecule has 0 radical (unpaired) electrons. The third-order valence-corrected chi connectivity index (χ3v) is 5.86. The summed E-state index contributed by atoms with van der Waals surface area (Å²) in [6.07, 6.45) is 2.88. The molecule has 0 unspecified atom stereocenters. The van der Waals surface area contributed by atoms with Gasteiger partial charge in [-0.25, -0.2) is 0 Å². The number of aliphatic carboxylic acids is 1. The Bertz CT molecular complexity index is 680. The van der Waals surface area contributed by atoms with Crippen molar-refractivity contribution in [3.63, 3.8) is 0 Å². The van der Waals surface area contributed by atoms with Crippen LogP contribution in [0.25, 0.3) is 0 Å². The zero-order valence-electron chi connectivity index (χ0n) is 16.8. The fourth-order valence-electron chi connectivity index (χ4n) is 4.13. The van der Waals surface area contributed by atoms with E-state index in [4.69, 9.17) is 0 Å². The number of rotatable bonds is 9. The number of hydrogen-bond acceptors (Lipinski definition) is 3. The first-order chi connectivity index (χ1) is 13.6. The minimum atomic E-state index is -0.647. The lowest BCUT2D eigenvalue weighted by Crippen LogP contribution is -2.42. The smallest absolute Gasteiger partial charge is 0.307 e. The van der Waals surface area contributed by atoms with Crippen LogP contribution in [0.2, 0.25) is 0 Å². The molecule has 0 aromatic heterocycles. The lowest BCUT2D eigenvalue weighted by molar-refractivity contribution is -0.143. The molecule has 150 valence electrons. The van der Waals surface area contributed by atoms with E-state index in [1.165, 1.54) is 11.1 Å². The van der Waals surface area contributed by atoms with Gasteiger partial charge < -0.3 is 14.9 Å². The van der Waals surface area contributed by atoms with Gasteiger partial charge in [-0.1, -0.05) is 60.7 Å². The summed E-state index contributed by atoms with van der Waals surface area (Å²) >= 11 is 0. The normalized spacial score (nSPS) is 17.9. The van der Waals surface area contributed by atoms with Crippen molar-refractivity contribution < 1.29 is 9.90 Å². The molecule has 1 N–H and O–H groups in total. The highest BCUT2D eigenvalue weighted by atomic mass is 16.4. The van der Waals surface area contributed by atoms with Gasteiger partial charge in [-0.2, -0.15) is 0 Å². The van der Waals surface area contributed by atoms with Gasteiger partial charge in [-0.05, 0) is 50.5 Å². The molecule has 1 atom stereocenters. The maximum absolute atomic E-state index is 11.2. The van der Waals surface area contributed by atoms with Crippen LogP contribution in [0.4, 0.5) is 0 Å². The van der Waals surface area contributed by atoms with Crippen molar-refractivity contribution in [2.24, 2.45) is 5.92 Å². The highest BCUT2D eigenvalue weighted by Crippen LogP contribution is 2.28. The number of carbonyl (C=O) groups is 1. The van der Waals surface area contributed by atoms with Crippen molar-refractivity contribution in [2.75, 3.05) is 39.8 Å². The number of piperidine rings is 1. The Kier molecular flexibility index (Phi) is 7.63. The molecule has 28 heavy (non-hydrogen) atoms. The van der Waals surface area contributed by atoms with Crippen LogP contribution < -0.4 is 0 Å². The van der Waals surface area contributed by atoms with Crippen LogP contribution in [0.1, 0.15) is 36.3 Å². The monoisotopic (exact) mass is 380 g/mol. The number of hydrogen-bond donors (Lipinski definition) is 1. The molecular formula is C24H32N2O2.